The van der Waals surface area contributed by atoms with Crippen molar-refractivity contribution in [3.8, 4) is 34.5 Å². The van der Waals surface area contributed by atoms with E-state index in [4.69, 9.17) is 33.7 Å². The molecule has 1 aliphatic heterocycles. The molecule has 2 fully saturated rings. The Hall–Kier alpha value is -8.51. The molecule has 24 heteroatoms. The molecule has 3 aromatic carbocycles. The van der Waals surface area contributed by atoms with Gasteiger partial charge in [-0.05, 0) is 102 Å². The number of carbonyl (C=O) groups is 3. The molecule has 5 heterocycles. The monoisotopic (exact) mass is 1200 g/mol. The van der Waals surface area contributed by atoms with Crippen molar-refractivity contribution in [1.82, 2.24) is 43.8 Å². The Bertz CT molecular complexity index is 3850. The van der Waals surface area contributed by atoms with Crippen LogP contribution in [0.1, 0.15) is 105 Å². The molecule has 1 saturated heterocycles. The summed E-state index contributed by atoms with van der Waals surface area (Å²) in [6.07, 6.45) is 10.7. The van der Waals surface area contributed by atoms with Gasteiger partial charge < -0.3 is 38.8 Å². The first kappa shape index (κ1) is 62.0. The number of unbranched alkanes of at least 4 members (excludes halogenated alkanes) is 1. The number of ether oxygens (including phenoxy) is 5. The lowest BCUT2D eigenvalue weighted by Crippen LogP contribution is -2.49. The first-order valence-electron chi connectivity index (χ1n) is 29.2. The zero-order valence-electron chi connectivity index (χ0n) is 50.3. The molecule has 9 rings (SSSR count). The molecule has 4 aromatic heterocycles. The van der Waals surface area contributed by atoms with Gasteiger partial charge >= 0.3 is 5.69 Å². The summed E-state index contributed by atoms with van der Waals surface area (Å²) in [7, 11) is 3.75. The van der Waals surface area contributed by atoms with Crippen LogP contribution in [-0.4, -0.2) is 145 Å². The van der Waals surface area contributed by atoms with Gasteiger partial charge in [0.2, 0.25) is 11.8 Å². The Balaban J connectivity index is 0.703. The number of carbonyl (C=O) groups excluding carboxylic acids is 3. The first-order chi connectivity index (χ1) is 41.4. The zero-order valence-corrected chi connectivity index (χ0v) is 51.1. The van der Waals surface area contributed by atoms with Gasteiger partial charge in [-0.25, -0.2) is 23.2 Å². The number of hydrogen-bond donors (Lipinski definition) is 2. The Labute approximate surface area is 500 Å². The molecule has 23 nitrogen and oxygen atoms in total. The van der Waals surface area contributed by atoms with Crippen LogP contribution in [0, 0.1) is 6.92 Å². The van der Waals surface area contributed by atoms with E-state index in [1.165, 1.54) is 48.5 Å². The number of imidazole rings is 1. The molecular formula is C62H77N11O12S. The van der Waals surface area contributed by atoms with Crippen LogP contribution in [-0.2, 0) is 40.1 Å². The minimum absolute atomic E-state index is 0.00172. The quantitative estimate of drug-likeness (QED) is 0.0378. The van der Waals surface area contributed by atoms with Crippen LogP contribution in [0.3, 0.4) is 0 Å². The number of aromatic nitrogens is 6. The van der Waals surface area contributed by atoms with Gasteiger partial charge in [0.1, 0.15) is 28.7 Å². The molecule has 0 unspecified atom stereocenters. The summed E-state index contributed by atoms with van der Waals surface area (Å²) in [6, 6.07) is 16.5. The van der Waals surface area contributed by atoms with E-state index in [0.29, 0.717) is 135 Å². The third kappa shape index (κ3) is 14.4. The minimum atomic E-state index is -4.22. The lowest BCUT2D eigenvalue weighted by atomic mass is 10.0. The highest BCUT2D eigenvalue weighted by Crippen LogP contribution is 2.39. The normalized spacial score (nSPS) is 13.8. The number of pyridine rings is 2. The number of aryl methyl sites for hydroxylation is 3. The van der Waals surface area contributed by atoms with Crippen LogP contribution in [0.25, 0.3) is 22.1 Å². The van der Waals surface area contributed by atoms with Crippen molar-refractivity contribution in [2.45, 2.75) is 95.9 Å². The fourth-order valence-corrected chi connectivity index (χ4v) is 12.2. The van der Waals surface area contributed by atoms with Gasteiger partial charge in [-0.15, -0.1) is 0 Å². The maximum Gasteiger partial charge on any atom is 0.328 e. The Morgan fingerprint density at radius 2 is 1.49 bits per heavy atom. The van der Waals surface area contributed by atoms with E-state index in [-0.39, 0.29) is 69.1 Å². The standard InChI is InChI=1S/C62H77N11O12S/c1-9-28-83-45-31-46(33-47(32-45)85-54-36-52-51(69(5)62(78)70(52)6)35-50(54)67-86(79,80)48-20-21-53(81-7)55(34-48)82-8)84-29-13-12-23-68(4)39-57(75)63-22-14-17-58(76)72-26-24-71(25-27-72)44-19-18-42(64-37-44)30-56-65-38-49-40(2)59(41(3)74)61(77)73(60(49)66-56)43-15-10-11-16-43/h18-21,31-38,43,67H,9-17,22-30,39H2,1-8H3,(H,63,75). The van der Waals surface area contributed by atoms with Gasteiger partial charge in [0, 0.05) is 107 Å². The number of benzene rings is 3. The van der Waals surface area contributed by atoms with Crippen LogP contribution in [0.2, 0.25) is 0 Å². The second kappa shape index (κ2) is 27.7. The average molecular weight is 1200 g/mol. The summed E-state index contributed by atoms with van der Waals surface area (Å²) in [5.41, 5.74) is 3.61. The molecule has 0 spiro atoms. The number of likely N-dealkylation sites (N-methyl/N-ethyl adjacent to an activating group) is 1. The van der Waals surface area contributed by atoms with Gasteiger partial charge in [0.05, 0.1) is 79.5 Å². The predicted molar refractivity (Wildman–Crippen MR) is 327 cm³/mol. The van der Waals surface area contributed by atoms with E-state index >= 15 is 0 Å². The summed E-state index contributed by atoms with van der Waals surface area (Å²) in [4.78, 5) is 85.5. The third-order valence-corrected chi connectivity index (χ3v) is 17.2. The summed E-state index contributed by atoms with van der Waals surface area (Å²) in [5, 5.41) is 3.67. The SMILES string of the molecule is CCCOc1cc(OCCCCN(C)CC(=O)NCCCC(=O)N2CCN(c3ccc(Cc4ncc5c(C)c(C(C)=O)c(=O)n(C6CCCC6)c5n4)nc3)CC2)cc(Oc2cc3c(cc2NS(=O)(=O)c2ccc(OC)c(OC)c2)n(C)c(=O)n3C)c1. The maximum atomic E-state index is 13.9. The van der Waals surface area contributed by atoms with E-state index in [1.807, 2.05) is 42.1 Å². The number of rotatable bonds is 27. The highest BCUT2D eigenvalue weighted by molar-refractivity contribution is 7.92. The Morgan fingerprint density at radius 3 is 2.16 bits per heavy atom. The van der Waals surface area contributed by atoms with E-state index in [0.717, 1.165) is 49.9 Å². The summed E-state index contributed by atoms with van der Waals surface area (Å²) < 4.78 is 64.3. The van der Waals surface area contributed by atoms with Gasteiger partial charge in [0.25, 0.3) is 15.6 Å². The number of nitrogens with zero attached hydrogens (tertiary/aromatic N) is 9. The molecule has 0 atom stereocenters. The van der Waals surface area contributed by atoms with Crippen molar-refractivity contribution in [3.05, 3.63) is 117 Å². The zero-order chi connectivity index (χ0) is 61.2. The molecule has 2 amide bonds. The largest absolute Gasteiger partial charge is 0.493 e. The molecule has 0 radical (unpaired) electrons. The van der Waals surface area contributed by atoms with Crippen molar-refractivity contribution >= 4 is 61.1 Å². The number of methoxy groups -OCH3 is 2. The lowest BCUT2D eigenvalue weighted by molar-refractivity contribution is -0.131. The maximum absolute atomic E-state index is 13.9. The summed E-state index contributed by atoms with van der Waals surface area (Å²) in [5.74, 6) is 2.18. The van der Waals surface area contributed by atoms with E-state index in [2.05, 4.69) is 19.9 Å². The fourth-order valence-electron chi connectivity index (χ4n) is 11.1. The number of Topliss-reactive ketones (excluding diaryl/α,β-unsaturated/α-hetero) is 1. The van der Waals surface area contributed by atoms with E-state index < -0.39 is 10.0 Å². The number of nitrogens with one attached hydrogen (secondary N) is 2. The van der Waals surface area contributed by atoms with Crippen molar-refractivity contribution in [1.29, 1.82) is 0 Å². The van der Waals surface area contributed by atoms with Gasteiger partial charge in [0.15, 0.2) is 23.0 Å². The number of ketones is 1. The summed E-state index contributed by atoms with van der Waals surface area (Å²) in [6.45, 7) is 9.68. The van der Waals surface area contributed by atoms with E-state index in [9.17, 15) is 32.4 Å². The fraction of sp³-hybridized carbons (Fsp3) is 0.452. The number of fused-ring (bicyclic) bond motifs is 2. The molecule has 7 aromatic rings. The van der Waals surface area contributed by atoms with Crippen LogP contribution >= 0.6 is 0 Å². The Kier molecular flexibility index (Phi) is 20.0. The second-order valence-electron chi connectivity index (χ2n) is 21.9. The number of piperazine rings is 1. The molecule has 86 heavy (non-hydrogen) atoms. The predicted octanol–water partition coefficient (Wildman–Crippen LogP) is 7.33. The molecule has 2 N–H and O–H groups in total. The molecule has 1 aliphatic carbocycles. The molecule has 0 bridgehead atoms. The number of hydrogen-bond acceptors (Lipinski definition) is 17. The smallest absolute Gasteiger partial charge is 0.328 e. The van der Waals surface area contributed by atoms with Crippen molar-refractivity contribution < 1.29 is 46.5 Å². The Morgan fingerprint density at radius 1 is 0.791 bits per heavy atom. The average Bonchev–Trinajstić information content (AvgIpc) is 1.43. The molecular weight excluding hydrogens is 1120 g/mol. The van der Waals surface area contributed by atoms with Crippen molar-refractivity contribution in [2.75, 3.05) is 89.9 Å². The van der Waals surface area contributed by atoms with Crippen LogP contribution in [0.5, 0.6) is 34.5 Å². The first-order valence-corrected chi connectivity index (χ1v) is 30.7. The molecule has 458 valence electrons. The van der Waals surface area contributed by atoms with Crippen molar-refractivity contribution in [3.63, 3.8) is 0 Å². The number of amides is 2. The minimum Gasteiger partial charge on any atom is -0.493 e. The highest BCUT2D eigenvalue weighted by Gasteiger charge is 2.28. The number of sulfonamides is 1. The lowest BCUT2D eigenvalue weighted by Gasteiger charge is -2.36. The van der Waals surface area contributed by atoms with Crippen molar-refractivity contribution in [2.24, 2.45) is 14.1 Å². The third-order valence-electron chi connectivity index (χ3n) is 15.8. The van der Waals surface area contributed by atoms with Gasteiger partial charge in [-0.2, -0.15) is 0 Å². The molecule has 2 aliphatic rings. The van der Waals surface area contributed by atoms with Crippen LogP contribution < -0.4 is 49.9 Å². The number of anilines is 2. The highest BCUT2D eigenvalue weighted by atomic mass is 32.2. The second-order valence-corrected chi connectivity index (χ2v) is 23.6. The van der Waals surface area contributed by atoms with Crippen LogP contribution in [0.4, 0.5) is 11.4 Å². The van der Waals surface area contributed by atoms with Crippen LogP contribution in [0.15, 0.2) is 87.5 Å². The van der Waals surface area contributed by atoms with Gasteiger partial charge in [-0.3, -0.25) is 47.5 Å². The topological polar surface area (TPSA) is 253 Å². The summed E-state index contributed by atoms with van der Waals surface area (Å²) >= 11 is 0. The van der Waals surface area contributed by atoms with Gasteiger partial charge in [-0.1, -0.05) is 19.8 Å². The van der Waals surface area contributed by atoms with E-state index in [1.54, 1.807) is 62.1 Å². The molecule has 1 saturated carbocycles.